The fourth-order valence-electron chi connectivity index (χ4n) is 3.83. The zero-order valence-corrected chi connectivity index (χ0v) is 21.4. The molecule has 0 fully saturated rings. The molecule has 4 heteroatoms. The van der Waals surface area contributed by atoms with Crippen molar-refractivity contribution < 1.29 is 19.1 Å². The Balaban J connectivity index is 3.85. The lowest BCUT2D eigenvalue weighted by atomic mass is 9.87. The first-order chi connectivity index (χ1) is 14.9. The Hall–Kier alpha value is -1.06. The van der Waals surface area contributed by atoms with Crippen molar-refractivity contribution in [3.8, 4) is 0 Å². The summed E-state index contributed by atoms with van der Waals surface area (Å²) in [7, 11) is 0. The van der Waals surface area contributed by atoms with E-state index in [1.165, 1.54) is 64.2 Å². The minimum Gasteiger partial charge on any atom is -0.465 e. The summed E-state index contributed by atoms with van der Waals surface area (Å²) in [4.78, 5) is 24.5. The Bertz CT molecular complexity index is 435. The molecular formula is C27H52O4. The summed E-state index contributed by atoms with van der Waals surface area (Å²) >= 11 is 0. The summed E-state index contributed by atoms with van der Waals surface area (Å²) in [6.07, 6.45) is 17.6. The molecule has 0 heterocycles. The van der Waals surface area contributed by atoms with Crippen molar-refractivity contribution in [2.75, 3.05) is 13.2 Å². The zero-order chi connectivity index (χ0) is 23.3. The molecule has 0 aromatic carbocycles. The van der Waals surface area contributed by atoms with Gasteiger partial charge in [0.25, 0.3) is 0 Å². The number of esters is 2. The van der Waals surface area contributed by atoms with Crippen LogP contribution in [0.5, 0.6) is 0 Å². The monoisotopic (exact) mass is 440 g/mol. The highest BCUT2D eigenvalue weighted by Crippen LogP contribution is 2.22. The Morgan fingerprint density at radius 1 is 0.581 bits per heavy atom. The average Bonchev–Trinajstić information content (AvgIpc) is 2.76. The Morgan fingerprint density at radius 3 is 1.42 bits per heavy atom. The number of rotatable bonds is 21. The summed E-state index contributed by atoms with van der Waals surface area (Å²) in [6.45, 7) is 11.3. The molecule has 3 unspecified atom stereocenters. The number of carbonyl (C=O) groups is 2. The molecule has 0 radical (unpaired) electrons. The molecule has 0 aliphatic rings. The Labute approximate surface area is 193 Å². The van der Waals surface area contributed by atoms with Gasteiger partial charge in [-0.05, 0) is 25.2 Å². The molecule has 0 aromatic heterocycles. The molecule has 0 saturated heterocycles. The third-order valence-electron chi connectivity index (χ3n) is 6.34. The van der Waals surface area contributed by atoms with Gasteiger partial charge in [0.15, 0.2) is 0 Å². The van der Waals surface area contributed by atoms with Crippen molar-refractivity contribution in [3.05, 3.63) is 0 Å². The van der Waals surface area contributed by atoms with Crippen molar-refractivity contribution >= 4 is 11.9 Å². The topological polar surface area (TPSA) is 52.6 Å². The van der Waals surface area contributed by atoms with Gasteiger partial charge in [0.2, 0.25) is 0 Å². The third kappa shape index (κ3) is 17.2. The molecule has 0 N–H and O–H groups in total. The summed E-state index contributed by atoms with van der Waals surface area (Å²) in [5.74, 6) is -0.549. The quantitative estimate of drug-likeness (QED) is 0.135. The molecule has 0 amide bonds. The second kappa shape index (κ2) is 20.8. The van der Waals surface area contributed by atoms with Crippen LogP contribution >= 0.6 is 0 Å². The van der Waals surface area contributed by atoms with Gasteiger partial charge >= 0.3 is 11.9 Å². The molecule has 0 saturated carbocycles. The molecule has 0 aliphatic heterocycles. The molecule has 184 valence electrons. The Morgan fingerprint density at radius 2 is 0.968 bits per heavy atom. The largest absolute Gasteiger partial charge is 0.465 e. The maximum atomic E-state index is 12.3. The van der Waals surface area contributed by atoms with Crippen LogP contribution in [0.3, 0.4) is 0 Å². The van der Waals surface area contributed by atoms with Crippen molar-refractivity contribution in [3.63, 3.8) is 0 Å². The molecule has 3 atom stereocenters. The zero-order valence-electron chi connectivity index (χ0n) is 21.4. The summed E-state index contributed by atoms with van der Waals surface area (Å²) in [6, 6.07) is 0. The first kappa shape index (κ1) is 29.9. The fraction of sp³-hybridized carbons (Fsp3) is 0.926. The smallest absolute Gasteiger partial charge is 0.308 e. The van der Waals surface area contributed by atoms with Crippen LogP contribution in [0.25, 0.3) is 0 Å². The highest BCUT2D eigenvalue weighted by Gasteiger charge is 2.26. The van der Waals surface area contributed by atoms with E-state index in [-0.39, 0.29) is 29.7 Å². The fourth-order valence-corrected chi connectivity index (χ4v) is 3.83. The number of hydrogen-bond donors (Lipinski definition) is 0. The lowest BCUT2D eigenvalue weighted by Crippen LogP contribution is -2.26. The van der Waals surface area contributed by atoms with Gasteiger partial charge in [-0.25, -0.2) is 0 Å². The molecule has 0 bridgehead atoms. The van der Waals surface area contributed by atoms with Crippen LogP contribution < -0.4 is 0 Å². The van der Waals surface area contributed by atoms with Crippen LogP contribution in [-0.2, 0) is 19.1 Å². The number of hydrogen-bond acceptors (Lipinski definition) is 4. The van der Waals surface area contributed by atoms with Gasteiger partial charge in [-0.15, -0.1) is 0 Å². The normalized spacial score (nSPS) is 14.1. The van der Waals surface area contributed by atoms with Gasteiger partial charge in [-0.3, -0.25) is 9.59 Å². The van der Waals surface area contributed by atoms with Crippen LogP contribution in [0.1, 0.15) is 131 Å². The molecule has 0 aliphatic carbocycles. The van der Waals surface area contributed by atoms with E-state index in [1.807, 2.05) is 20.8 Å². The van der Waals surface area contributed by atoms with E-state index in [0.717, 1.165) is 25.7 Å². The second-order valence-electron chi connectivity index (χ2n) is 9.48. The van der Waals surface area contributed by atoms with Crippen molar-refractivity contribution in [2.24, 2.45) is 17.8 Å². The molecule has 0 rings (SSSR count). The second-order valence-corrected chi connectivity index (χ2v) is 9.48. The number of carbonyl (C=O) groups excluding carboxylic acids is 2. The van der Waals surface area contributed by atoms with E-state index in [2.05, 4.69) is 13.8 Å². The van der Waals surface area contributed by atoms with E-state index in [9.17, 15) is 9.59 Å². The van der Waals surface area contributed by atoms with Crippen LogP contribution in [0.4, 0.5) is 0 Å². The van der Waals surface area contributed by atoms with Crippen molar-refractivity contribution in [1.82, 2.24) is 0 Å². The van der Waals surface area contributed by atoms with E-state index < -0.39 is 0 Å². The maximum absolute atomic E-state index is 12.3. The number of ether oxygens (including phenoxy) is 2. The molecule has 31 heavy (non-hydrogen) atoms. The highest BCUT2D eigenvalue weighted by molar-refractivity contribution is 5.73. The summed E-state index contributed by atoms with van der Waals surface area (Å²) in [5.41, 5.74) is 0. The van der Waals surface area contributed by atoms with Crippen LogP contribution in [-0.4, -0.2) is 25.2 Å². The van der Waals surface area contributed by atoms with Gasteiger partial charge in [0, 0.05) is 0 Å². The number of unbranched alkanes of at least 4 members (excludes halogenated alkanes) is 12. The molecular weight excluding hydrogens is 388 g/mol. The van der Waals surface area contributed by atoms with Crippen LogP contribution in [0.2, 0.25) is 0 Å². The van der Waals surface area contributed by atoms with Crippen molar-refractivity contribution in [1.29, 1.82) is 0 Å². The van der Waals surface area contributed by atoms with E-state index in [0.29, 0.717) is 19.6 Å². The summed E-state index contributed by atoms with van der Waals surface area (Å²) in [5, 5.41) is 0. The lowest BCUT2D eigenvalue weighted by Gasteiger charge is -2.21. The predicted molar refractivity (Wildman–Crippen MR) is 130 cm³/mol. The molecule has 0 aromatic rings. The summed E-state index contributed by atoms with van der Waals surface area (Å²) < 4.78 is 10.9. The van der Waals surface area contributed by atoms with Gasteiger partial charge in [0.1, 0.15) is 0 Å². The highest BCUT2D eigenvalue weighted by atomic mass is 16.5. The van der Waals surface area contributed by atoms with Gasteiger partial charge in [0.05, 0.1) is 25.0 Å². The first-order valence-electron chi connectivity index (χ1n) is 13.3. The third-order valence-corrected chi connectivity index (χ3v) is 6.34. The minimum atomic E-state index is -0.192. The molecule has 4 nitrogen and oxygen atoms in total. The van der Waals surface area contributed by atoms with Gasteiger partial charge in [-0.2, -0.15) is 0 Å². The predicted octanol–water partition coefficient (Wildman–Crippen LogP) is 7.87. The van der Waals surface area contributed by atoms with Crippen LogP contribution in [0, 0.1) is 17.8 Å². The SMILES string of the molecule is CCCCCCCCCCOC(=O)C(C)C(C)CC(C)C(=O)OCCCCCCCC. The van der Waals surface area contributed by atoms with Crippen molar-refractivity contribution in [2.45, 2.75) is 131 Å². The standard InChI is InChI=1S/C27H52O4/c1-6-8-10-12-14-15-17-19-21-31-27(29)25(5)23(3)22-24(4)26(28)30-20-18-16-13-11-9-7-2/h23-25H,6-22H2,1-5H3. The molecule has 0 spiro atoms. The van der Waals surface area contributed by atoms with Crippen LogP contribution in [0.15, 0.2) is 0 Å². The average molecular weight is 441 g/mol. The first-order valence-corrected chi connectivity index (χ1v) is 13.3. The van der Waals surface area contributed by atoms with E-state index >= 15 is 0 Å². The van der Waals surface area contributed by atoms with Gasteiger partial charge in [-0.1, -0.05) is 112 Å². The lowest BCUT2D eigenvalue weighted by molar-refractivity contribution is -0.153. The maximum Gasteiger partial charge on any atom is 0.308 e. The minimum absolute atomic E-state index is 0.0997. The van der Waals surface area contributed by atoms with E-state index in [1.54, 1.807) is 0 Å². The van der Waals surface area contributed by atoms with E-state index in [4.69, 9.17) is 9.47 Å². The Kier molecular flexibility index (Phi) is 20.1. The van der Waals surface area contributed by atoms with Gasteiger partial charge < -0.3 is 9.47 Å².